The maximum Gasteiger partial charge on any atom is 0.326 e. The molecule has 0 aliphatic heterocycles. The molecule has 0 aliphatic rings. The van der Waals surface area contributed by atoms with Gasteiger partial charge in [-0.05, 0) is 24.7 Å². The lowest BCUT2D eigenvalue weighted by molar-refractivity contribution is -0.144. The lowest BCUT2D eigenvalue weighted by Gasteiger charge is -2.25. The Morgan fingerprint density at radius 3 is 1.58 bits per heavy atom. The van der Waals surface area contributed by atoms with Crippen molar-refractivity contribution in [2.24, 2.45) is 23.3 Å². The van der Waals surface area contributed by atoms with Crippen LogP contribution in [0.4, 0.5) is 0 Å². The van der Waals surface area contributed by atoms with Crippen LogP contribution in [-0.2, 0) is 28.8 Å². The van der Waals surface area contributed by atoms with Gasteiger partial charge in [-0.15, -0.1) is 0 Å². The summed E-state index contributed by atoms with van der Waals surface area (Å²) in [5.41, 5.74) is 10.8. The molecule has 0 saturated carbocycles. The number of carbonyl (C=O) groups excluding carboxylic acids is 4. The minimum atomic E-state index is -1.61. The number of carbonyl (C=O) groups is 6. The maximum absolute atomic E-state index is 12.8. The molecule has 0 aliphatic carbocycles. The summed E-state index contributed by atoms with van der Waals surface area (Å²) in [5, 5.41) is 25.1. The zero-order chi connectivity index (χ0) is 25.9. The van der Waals surface area contributed by atoms with E-state index in [2.05, 4.69) is 16.0 Å². The summed E-state index contributed by atoms with van der Waals surface area (Å²) >= 11 is 0. The Bertz CT molecular complexity index is 740. The molecule has 4 unspecified atom stereocenters. The van der Waals surface area contributed by atoms with Crippen LogP contribution >= 0.6 is 0 Å². The molecular weight excluding hydrogens is 438 g/mol. The SMILES string of the molecule is CC(C)CC(N)C(=O)NC(CC(=O)O)C(=O)NC(CC(C)C)C(=O)NC(CC(N)=O)C(=O)O. The third kappa shape index (κ3) is 12.4. The van der Waals surface area contributed by atoms with Crippen LogP contribution in [0.2, 0.25) is 0 Å². The van der Waals surface area contributed by atoms with Crippen molar-refractivity contribution in [3.8, 4) is 0 Å². The number of nitrogens with one attached hydrogen (secondary N) is 3. The number of carboxylic acid groups (broad SMARTS) is 2. The normalized spacial score (nSPS) is 14.6. The molecule has 0 aromatic heterocycles. The molecule has 4 atom stereocenters. The van der Waals surface area contributed by atoms with Crippen molar-refractivity contribution < 1.29 is 39.0 Å². The molecule has 33 heavy (non-hydrogen) atoms. The third-order valence-electron chi connectivity index (χ3n) is 4.43. The van der Waals surface area contributed by atoms with Crippen LogP contribution in [0, 0.1) is 11.8 Å². The van der Waals surface area contributed by atoms with E-state index in [1.165, 1.54) is 0 Å². The van der Waals surface area contributed by atoms with E-state index in [4.69, 9.17) is 16.6 Å². The average Bonchev–Trinajstić information content (AvgIpc) is 2.64. The lowest BCUT2D eigenvalue weighted by atomic mass is 10.0. The largest absolute Gasteiger partial charge is 0.481 e. The fourth-order valence-electron chi connectivity index (χ4n) is 2.93. The molecule has 0 saturated heterocycles. The van der Waals surface area contributed by atoms with E-state index in [9.17, 15) is 33.9 Å². The molecule has 4 amide bonds. The molecule has 0 rings (SSSR count). The van der Waals surface area contributed by atoms with Crippen molar-refractivity contribution in [2.75, 3.05) is 0 Å². The Morgan fingerprint density at radius 2 is 1.15 bits per heavy atom. The Kier molecular flexibility index (Phi) is 12.7. The highest BCUT2D eigenvalue weighted by Crippen LogP contribution is 2.08. The van der Waals surface area contributed by atoms with Crippen LogP contribution in [0.25, 0.3) is 0 Å². The van der Waals surface area contributed by atoms with Gasteiger partial charge in [0.05, 0.1) is 18.9 Å². The standard InChI is InChI=1S/C20H35N5O8/c1-9(2)5-11(21)17(29)23-13(8-16(27)28)19(31)24-12(6-10(3)4)18(30)25-14(20(32)33)7-15(22)26/h9-14H,5-8,21H2,1-4H3,(H2,22,26)(H,23,29)(H,24,31)(H,25,30)(H,27,28)(H,32,33). The van der Waals surface area contributed by atoms with Crippen LogP contribution < -0.4 is 27.4 Å². The summed E-state index contributed by atoms with van der Waals surface area (Å²) in [6.45, 7) is 7.16. The Hall–Kier alpha value is -3.22. The van der Waals surface area contributed by atoms with Crippen LogP contribution in [0.5, 0.6) is 0 Å². The Morgan fingerprint density at radius 1 is 0.697 bits per heavy atom. The number of carboxylic acids is 2. The first-order valence-corrected chi connectivity index (χ1v) is 10.5. The van der Waals surface area contributed by atoms with Gasteiger partial charge in [0.15, 0.2) is 0 Å². The summed E-state index contributed by atoms with van der Waals surface area (Å²) in [4.78, 5) is 71.3. The molecule has 13 nitrogen and oxygen atoms in total. The topological polar surface area (TPSA) is 231 Å². The van der Waals surface area contributed by atoms with Crippen LogP contribution in [0.15, 0.2) is 0 Å². The van der Waals surface area contributed by atoms with E-state index in [0.717, 1.165) is 0 Å². The van der Waals surface area contributed by atoms with Crippen molar-refractivity contribution in [3.63, 3.8) is 0 Å². The van der Waals surface area contributed by atoms with Gasteiger partial charge in [0.2, 0.25) is 23.6 Å². The Balaban J connectivity index is 5.54. The number of hydrogen-bond acceptors (Lipinski definition) is 7. The Labute approximate surface area is 192 Å². The third-order valence-corrected chi connectivity index (χ3v) is 4.43. The van der Waals surface area contributed by atoms with Gasteiger partial charge in [0.1, 0.15) is 18.1 Å². The van der Waals surface area contributed by atoms with Gasteiger partial charge < -0.3 is 37.6 Å². The second kappa shape index (κ2) is 14.0. The fraction of sp³-hybridized carbons (Fsp3) is 0.700. The highest BCUT2D eigenvalue weighted by Gasteiger charge is 2.32. The van der Waals surface area contributed by atoms with E-state index in [1.807, 2.05) is 13.8 Å². The number of primary amides is 1. The molecule has 0 radical (unpaired) electrons. The van der Waals surface area contributed by atoms with E-state index in [-0.39, 0.29) is 18.3 Å². The number of rotatable bonds is 15. The van der Waals surface area contributed by atoms with Gasteiger partial charge in [-0.25, -0.2) is 4.79 Å². The highest BCUT2D eigenvalue weighted by molar-refractivity contribution is 5.96. The van der Waals surface area contributed by atoms with E-state index >= 15 is 0 Å². The van der Waals surface area contributed by atoms with Crippen LogP contribution in [0.1, 0.15) is 53.4 Å². The average molecular weight is 474 g/mol. The number of aliphatic carboxylic acids is 2. The molecule has 9 N–H and O–H groups in total. The van der Waals surface area contributed by atoms with Crippen LogP contribution in [0.3, 0.4) is 0 Å². The maximum atomic E-state index is 12.8. The predicted octanol–water partition coefficient (Wildman–Crippen LogP) is -1.70. The summed E-state index contributed by atoms with van der Waals surface area (Å²) in [7, 11) is 0. The molecule has 0 aromatic rings. The summed E-state index contributed by atoms with van der Waals surface area (Å²) in [6, 6.07) is -5.35. The molecule has 188 valence electrons. The first-order chi connectivity index (χ1) is 15.1. The molecule has 13 heteroatoms. The molecule has 0 spiro atoms. The van der Waals surface area contributed by atoms with Crippen molar-refractivity contribution >= 4 is 35.6 Å². The quantitative estimate of drug-likeness (QED) is 0.143. The fourth-order valence-corrected chi connectivity index (χ4v) is 2.93. The number of nitrogens with two attached hydrogens (primary N) is 2. The number of amides is 4. The smallest absolute Gasteiger partial charge is 0.326 e. The predicted molar refractivity (Wildman–Crippen MR) is 116 cm³/mol. The van der Waals surface area contributed by atoms with Crippen molar-refractivity contribution in [1.82, 2.24) is 16.0 Å². The molecular formula is C20H35N5O8. The van der Waals surface area contributed by atoms with Crippen molar-refractivity contribution in [1.29, 1.82) is 0 Å². The van der Waals surface area contributed by atoms with E-state index < -0.39 is 72.6 Å². The minimum absolute atomic E-state index is 0.0705. The van der Waals surface area contributed by atoms with Gasteiger partial charge in [-0.1, -0.05) is 27.7 Å². The van der Waals surface area contributed by atoms with E-state index in [0.29, 0.717) is 6.42 Å². The zero-order valence-electron chi connectivity index (χ0n) is 19.3. The summed E-state index contributed by atoms with van der Waals surface area (Å²) in [5.74, 6) is -6.44. The van der Waals surface area contributed by atoms with Gasteiger partial charge in [-0.3, -0.25) is 24.0 Å². The zero-order valence-corrected chi connectivity index (χ0v) is 19.3. The van der Waals surface area contributed by atoms with Crippen molar-refractivity contribution in [2.45, 2.75) is 77.5 Å². The summed E-state index contributed by atoms with van der Waals surface area (Å²) < 4.78 is 0. The monoisotopic (exact) mass is 473 g/mol. The lowest BCUT2D eigenvalue weighted by Crippen LogP contribution is -2.58. The first kappa shape index (κ1) is 29.8. The van der Waals surface area contributed by atoms with Gasteiger partial charge >= 0.3 is 11.9 Å². The second-order valence-corrected chi connectivity index (χ2v) is 8.66. The van der Waals surface area contributed by atoms with E-state index in [1.54, 1.807) is 13.8 Å². The molecule has 0 heterocycles. The van der Waals surface area contributed by atoms with Gasteiger partial charge in [0.25, 0.3) is 0 Å². The first-order valence-electron chi connectivity index (χ1n) is 10.5. The number of hydrogen-bond donors (Lipinski definition) is 7. The molecule has 0 fully saturated rings. The molecule has 0 aromatic carbocycles. The second-order valence-electron chi connectivity index (χ2n) is 8.66. The van der Waals surface area contributed by atoms with Gasteiger partial charge in [0, 0.05) is 0 Å². The van der Waals surface area contributed by atoms with Gasteiger partial charge in [-0.2, -0.15) is 0 Å². The van der Waals surface area contributed by atoms with Crippen LogP contribution in [-0.4, -0.2) is 69.9 Å². The summed E-state index contributed by atoms with van der Waals surface area (Å²) in [6.07, 6.45) is -1.04. The highest BCUT2D eigenvalue weighted by atomic mass is 16.4. The van der Waals surface area contributed by atoms with Crippen molar-refractivity contribution in [3.05, 3.63) is 0 Å². The molecule has 0 bridgehead atoms. The minimum Gasteiger partial charge on any atom is -0.481 e.